The number of likely N-dealkylation sites (tertiary alicyclic amines) is 1. The number of rotatable bonds is 9. The van der Waals surface area contributed by atoms with Crippen molar-refractivity contribution >= 4 is 17.6 Å². The Morgan fingerprint density at radius 3 is 2.39 bits per heavy atom. The van der Waals surface area contributed by atoms with E-state index in [-0.39, 0.29) is 42.4 Å². The molecule has 3 atom stereocenters. The highest BCUT2D eigenvalue weighted by Gasteiger charge is 2.26. The smallest absolute Gasteiger partial charge is 0.253 e. The molecule has 0 radical (unpaired) electrons. The number of aromatic nitrogens is 1. The number of anilines is 1. The summed E-state index contributed by atoms with van der Waals surface area (Å²) in [5.41, 5.74) is 11.3. The third-order valence-corrected chi connectivity index (χ3v) is 8.63. The number of ether oxygens (including phenoxy) is 1. The second kappa shape index (κ2) is 14.1. The quantitative estimate of drug-likeness (QED) is 0.249. The molecule has 2 saturated heterocycles. The van der Waals surface area contributed by atoms with Gasteiger partial charge in [-0.15, -0.1) is 0 Å². The Balaban J connectivity index is 1.05. The summed E-state index contributed by atoms with van der Waals surface area (Å²) >= 11 is 0. The van der Waals surface area contributed by atoms with E-state index in [0.717, 1.165) is 42.7 Å². The standard InChI is InChI=1S/C37H42N6O3/c1-25-20-43(21-26(2)40-25)37(45)30-13-11-29(12-14-30)32-18-34(35(38)39-19-32)46-24-28-9-6-10-31(17-28)36(44)41-33-15-16-42(23-33)22-27-7-4-3-5-8-27/h3-14,17-19,25-26,33,40H,15-16,20-24H2,1-2H3,(H2,38,39)(H,41,44). The highest BCUT2D eigenvalue weighted by molar-refractivity contribution is 5.95. The van der Waals surface area contributed by atoms with E-state index in [1.807, 2.05) is 65.6 Å². The zero-order valence-corrected chi connectivity index (χ0v) is 26.5. The SMILES string of the molecule is CC1CN(C(=O)c2ccc(-c3cnc(N)c(OCc4cccc(C(=O)NC5CCN(Cc6ccccc6)C5)c4)c3)cc2)CC(C)N1. The van der Waals surface area contributed by atoms with Gasteiger partial charge in [0, 0.05) is 73.7 Å². The summed E-state index contributed by atoms with van der Waals surface area (Å²) < 4.78 is 6.09. The first-order chi connectivity index (χ1) is 22.3. The number of nitrogen functional groups attached to an aromatic ring is 1. The lowest BCUT2D eigenvalue weighted by Gasteiger charge is -2.36. The van der Waals surface area contributed by atoms with Crippen molar-refractivity contribution in [2.45, 2.75) is 51.5 Å². The summed E-state index contributed by atoms with van der Waals surface area (Å²) in [6.07, 6.45) is 2.63. The van der Waals surface area contributed by atoms with E-state index in [1.165, 1.54) is 5.56 Å². The molecule has 0 aliphatic carbocycles. The van der Waals surface area contributed by atoms with Gasteiger partial charge in [0.1, 0.15) is 6.61 Å². The fourth-order valence-corrected chi connectivity index (χ4v) is 6.38. The predicted molar refractivity (Wildman–Crippen MR) is 180 cm³/mol. The van der Waals surface area contributed by atoms with Gasteiger partial charge < -0.3 is 26.0 Å². The van der Waals surface area contributed by atoms with Gasteiger partial charge in [0.05, 0.1) is 0 Å². The normalized spacial score (nSPS) is 20.0. The zero-order valence-electron chi connectivity index (χ0n) is 26.5. The van der Waals surface area contributed by atoms with Crippen LogP contribution in [0.4, 0.5) is 5.82 Å². The van der Waals surface area contributed by atoms with E-state index in [1.54, 1.807) is 6.20 Å². The minimum atomic E-state index is -0.0838. The number of piperazine rings is 1. The van der Waals surface area contributed by atoms with Crippen molar-refractivity contribution in [2.24, 2.45) is 0 Å². The summed E-state index contributed by atoms with van der Waals surface area (Å²) in [6.45, 7) is 8.49. The number of carbonyl (C=O) groups excluding carboxylic acids is 2. The van der Waals surface area contributed by atoms with E-state index in [4.69, 9.17) is 10.5 Å². The molecular formula is C37H42N6O3. The van der Waals surface area contributed by atoms with E-state index < -0.39 is 0 Å². The van der Waals surface area contributed by atoms with Gasteiger partial charge in [0.2, 0.25) is 0 Å². The number of pyridine rings is 1. The molecule has 3 unspecified atom stereocenters. The van der Waals surface area contributed by atoms with Crippen LogP contribution in [0.1, 0.15) is 52.1 Å². The number of hydrogen-bond acceptors (Lipinski definition) is 7. The van der Waals surface area contributed by atoms with Crippen molar-refractivity contribution in [1.29, 1.82) is 0 Å². The van der Waals surface area contributed by atoms with Crippen LogP contribution in [-0.4, -0.2) is 70.9 Å². The first-order valence-corrected chi connectivity index (χ1v) is 16.0. The lowest BCUT2D eigenvalue weighted by atomic mass is 10.0. The molecular weight excluding hydrogens is 576 g/mol. The minimum absolute atomic E-state index is 0.0374. The number of benzene rings is 3. The molecule has 1 aromatic heterocycles. The first-order valence-electron chi connectivity index (χ1n) is 16.0. The zero-order chi connectivity index (χ0) is 32.0. The maximum atomic E-state index is 13.1. The maximum Gasteiger partial charge on any atom is 0.253 e. The number of hydrogen-bond donors (Lipinski definition) is 3. The molecule has 9 heteroatoms. The Kier molecular flexibility index (Phi) is 9.61. The van der Waals surface area contributed by atoms with Gasteiger partial charge in [-0.3, -0.25) is 14.5 Å². The van der Waals surface area contributed by atoms with Crippen LogP contribution in [0.2, 0.25) is 0 Å². The molecule has 9 nitrogen and oxygen atoms in total. The van der Waals surface area contributed by atoms with Crippen LogP contribution in [0.3, 0.4) is 0 Å². The van der Waals surface area contributed by atoms with Crippen molar-refractivity contribution < 1.29 is 14.3 Å². The van der Waals surface area contributed by atoms with Gasteiger partial charge in [-0.25, -0.2) is 4.98 Å². The van der Waals surface area contributed by atoms with Gasteiger partial charge in [0.25, 0.3) is 11.8 Å². The molecule has 46 heavy (non-hydrogen) atoms. The molecule has 2 amide bonds. The Bertz CT molecular complexity index is 1650. The molecule has 0 saturated carbocycles. The monoisotopic (exact) mass is 618 g/mol. The van der Waals surface area contributed by atoms with E-state index in [9.17, 15) is 9.59 Å². The van der Waals surface area contributed by atoms with Crippen molar-refractivity contribution in [3.05, 3.63) is 113 Å². The van der Waals surface area contributed by atoms with E-state index in [0.29, 0.717) is 30.0 Å². The second-order valence-electron chi connectivity index (χ2n) is 12.5. The minimum Gasteiger partial charge on any atom is -0.485 e. The van der Waals surface area contributed by atoms with Crippen LogP contribution < -0.4 is 21.1 Å². The van der Waals surface area contributed by atoms with Gasteiger partial charge in [-0.1, -0.05) is 54.6 Å². The average Bonchev–Trinajstić information content (AvgIpc) is 3.50. The summed E-state index contributed by atoms with van der Waals surface area (Å²) in [5, 5.41) is 6.66. The predicted octanol–water partition coefficient (Wildman–Crippen LogP) is 4.74. The Morgan fingerprint density at radius 2 is 1.63 bits per heavy atom. The molecule has 0 bridgehead atoms. The van der Waals surface area contributed by atoms with Crippen LogP contribution >= 0.6 is 0 Å². The van der Waals surface area contributed by atoms with Crippen LogP contribution in [0.15, 0.2) is 91.1 Å². The van der Waals surface area contributed by atoms with Crippen molar-refractivity contribution in [3.63, 3.8) is 0 Å². The largest absolute Gasteiger partial charge is 0.485 e. The van der Waals surface area contributed by atoms with Crippen LogP contribution in [0.25, 0.3) is 11.1 Å². The van der Waals surface area contributed by atoms with Crippen molar-refractivity contribution in [1.82, 2.24) is 25.4 Å². The molecule has 6 rings (SSSR count). The fraction of sp³-hybridized carbons (Fsp3) is 0.324. The van der Waals surface area contributed by atoms with Gasteiger partial charge >= 0.3 is 0 Å². The van der Waals surface area contributed by atoms with E-state index in [2.05, 4.69) is 58.6 Å². The molecule has 2 fully saturated rings. The third kappa shape index (κ3) is 7.73. The Labute approximate surface area is 270 Å². The molecule has 4 aromatic rings. The number of nitrogens with zero attached hydrogens (tertiary/aromatic N) is 3. The third-order valence-electron chi connectivity index (χ3n) is 8.63. The van der Waals surface area contributed by atoms with Gasteiger partial charge in [0.15, 0.2) is 11.6 Å². The number of nitrogens with two attached hydrogens (primary N) is 1. The molecule has 0 spiro atoms. The number of carbonyl (C=O) groups is 2. The molecule has 3 heterocycles. The average molecular weight is 619 g/mol. The van der Waals surface area contributed by atoms with Gasteiger partial charge in [-0.05, 0) is 67.3 Å². The second-order valence-corrected chi connectivity index (χ2v) is 12.5. The summed E-state index contributed by atoms with van der Waals surface area (Å²) in [5.74, 6) is 0.698. The highest BCUT2D eigenvalue weighted by atomic mass is 16.5. The lowest BCUT2D eigenvalue weighted by Crippen LogP contribution is -2.55. The number of nitrogens with one attached hydrogen (secondary N) is 2. The van der Waals surface area contributed by atoms with Gasteiger partial charge in [-0.2, -0.15) is 0 Å². The Hall–Kier alpha value is -4.73. The summed E-state index contributed by atoms with van der Waals surface area (Å²) in [6, 6.07) is 27.9. The highest BCUT2D eigenvalue weighted by Crippen LogP contribution is 2.28. The number of amides is 2. The van der Waals surface area contributed by atoms with Crippen LogP contribution in [0.5, 0.6) is 5.75 Å². The topological polar surface area (TPSA) is 113 Å². The molecule has 2 aliphatic rings. The Morgan fingerprint density at radius 1 is 0.891 bits per heavy atom. The van der Waals surface area contributed by atoms with Crippen molar-refractivity contribution in [2.75, 3.05) is 31.9 Å². The molecule has 2 aliphatic heterocycles. The fourth-order valence-electron chi connectivity index (χ4n) is 6.38. The maximum absolute atomic E-state index is 13.1. The summed E-state index contributed by atoms with van der Waals surface area (Å²) in [7, 11) is 0. The lowest BCUT2D eigenvalue weighted by molar-refractivity contribution is 0.0673. The van der Waals surface area contributed by atoms with E-state index >= 15 is 0 Å². The summed E-state index contributed by atoms with van der Waals surface area (Å²) in [4.78, 5) is 34.8. The van der Waals surface area contributed by atoms with Crippen LogP contribution in [0, 0.1) is 0 Å². The van der Waals surface area contributed by atoms with Crippen molar-refractivity contribution in [3.8, 4) is 16.9 Å². The first kappa shape index (κ1) is 31.3. The van der Waals surface area contributed by atoms with Crippen LogP contribution in [-0.2, 0) is 13.2 Å². The molecule has 3 aromatic carbocycles. The molecule has 4 N–H and O–H groups in total. The molecule has 238 valence electrons.